The first kappa shape index (κ1) is 24.8. The minimum Gasteiger partial charge on any atom is -0.490 e. The molecule has 8 heteroatoms. The number of ether oxygens (including phenoxy) is 3. The Kier molecular flexibility index (Phi) is 11.2. The van der Waals surface area contributed by atoms with Gasteiger partial charge >= 0.3 is 0 Å². The van der Waals surface area contributed by atoms with Crippen LogP contribution in [0.2, 0.25) is 0 Å². The van der Waals surface area contributed by atoms with E-state index in [2.05, 4.69) is 27.5 Å². The first-order chi connectivity index (χ1) is 13.6. The van der Waals surface area contributed by atoms with Gasteiger partial charge in [0.2, 0.25) is 5.88 Å². The number of pyridine rings is 1. The van der Waals surface area contributed by atoms with Gasteiger partial charge in [-0.3, -0.25) is 4.99 Å². The maximum absolute atomic E-state index is 5.72. The number of nitrogens with zero attached hydrogens (tertiary/aromatic N) is 2. The second-order valence-corrected chi connectivity index (χ2v) is 6.04. The zero-order chi connectivity index (χ0) is 20.4. The van der Waals surface area contributed by atoms with Crippen LogP contribution in [0.5, 0.6) is 17.4 Å². The van der Waals surface area contributed by atoms with E-state index in [9.17, 15) is 0 Å². The molecule has 1 heterocycles. The lowest BCUT2D eigenvalue weighted by Crippen LogP contribution is -2.38. The molecule has 0 aliphatic heterocycles. The van der Waals surface area contributed by atoms with Crippen LogP contribution in [0.3, 0.4) is 0 Å². The van der Waals surface area contributed by atoms with Crippen molar-refractivity contribution in [3.05, 3.63) is 47.7 Å². The van der Waals surface area contributed by atoms with E-state index >= 15 is 0 Å². The molecule has 0 saturated carbocycles. The molecule has 0 radical (unpaired) electrons. The van der Waals surface area contributed by atoms with Gasteiger partial charge in [0.25, 0.3) is 0 Å². The van der Waals surface area contributed by atoms with Gasteiger partial charge in [-0.25, -0.2) is 4.98 Å². The van der Waals surface area contributed by atoms with Gasteiger partial charge in [-0.05, 0) is 44.5 Å². The summed E-state index contributed by atoms with van der Waals surface area (Å²) in [5.74, 6) is 2.78. The molecule has 2 rings (SSSR count). The van der Waals surface area contributed by atoms with Gasteiger partial charge in [0.15, 0.2) is 17.5 Å². The fourth-order valence-electron chi connectivity index (χ4n) is 2.66. The van der Waals surface area contributed by atoms with Crippen LogP contribution >= 0.6 is 24.0 Å². The molecule has 1 aromatic carbocycles. The van der Waals surface area contributed by atoms with E-state index in [0.29, 0.717) is 31.6 Å². The average Bonchev–Trinajstić information content (AvgIpc) is 2.72. The smallest absolute Gasteiger partial charge is 0.213 e. The van der Waals surface area contributed by atoms with Crippen LogP contribution in [-0.4, -0.2) is 38.3 Å². The van der Waals surface area contributed by atoms with Crippen molar-refractivity contribution in [1.29, 1.82) is 0 Å². The number of benzene rings is 1. The summed E-state index contributed by atoms with van der Waals surface area (Å²) >= 11 is 0. The number of rotatable bonds is 9. The standard InChI is InChI=1S/C21H30N4O3.HI/c1-6-27-18-12-11-16(13-19(18)28-7-2)15(3)24-21(22-4)23-14-17-9-8-10-20(25-17)26-5;/h8-13,15H,6-7,14H2,1-5H3,(H2,22,23,24);1H. The highest BCUT2D eigenvalue weighted by Gasteiger charge is 2.12. The summed E-state index contributed by atoms with van der Waals surface area (Å²) in [5.41, 5.74) is 1.95. The summed E-state index contributed by atoms with van der Waals surface area (Å²) in [5, 5.41) is 6.66. The Hall–Kier alpha value is -2.23. The molecule has 2 aromatic rings. The lowest BCUT2D eigenvalue weighted by Gasteiger charge is -2.20. The Morgan fingerprint density at radius 3 is 2.48 bits per heavy atom. The predicted octanol–water partition coefficient (Wildman–Crippen LogP) is 3.93. The third kappa shape index (κ3) is 7.60. The lowest BCUT2D eigenvalue weighted by atomic mass is 10.1. The maximum atomic E-state index is 5.72. The molecule has 2 N–H and O–H groups in total. The average molecular weight is 514 g/mol. The maximum Gasteiger partial charge on any atom is 0.213 e. The highest BCUT2D eigenvalue weighted by atomic mass is 127. The molecule has 1 atom stereocenters. The molecule has 1 aromatic heterocycles. The molecule has 7 nitrogen and oxygen atoms in total. The number of halogens is 1. The van der Waals surface area contributed by atoms with Gasteiger partial charge < -0.3 is 24.8 Å². The Bertz CT molecular complexity index is 786. The van der Waals surface area contributed by atoms with Crippen LogP contribution in [0.15, 0.2) is 41.4 Å². The van der Waals surface area contributed by atoms with Gasteiger partial charge in [-0.2, -0.15) is 0 Å². The van der Waals surface area contributed by atoms with Crippen LogP contribution in [-0.2, 0) is 6.54 Å². The molecular weight excluding hydrogens is 483 g/mol. The number of aromatic nitrogens is 1. The molecule has 1 unspecified atom stereocenters. The number of hydrogen-bond acceptors (Lipinski definition) is 5. The molecule has 0 saturated heterocycles. The number of hydrogen-bond donors (Lipinski definition) is 2. The molecule has 0 bridgehead atoms. The minimum absolute atomic E-state index is 0. The second-order valence-electron chi connectivity index (χ2n) is 6.04. The molecule has 0 aliphatic rings. The normalized spacial score (nSPS) is 11.8. The number of nitrogens with one attached hydrogen (secondary N) is 2. The number of aliphatic imine (C=N–C) groups is 1. The molecule has 0 amide bonds. The lowest BCUT2D eigenvalue weighted by molar-refractivity contribution is 0.287. The SMILES string of the molecule is CCOc1ccc(C(C)NC(=NC)NCc2cccc(OC)n2)cc1OCC.I. The van der Waals surface area contributed by atoms with Crippen LogP contribution in [0, 0.1) is 0 Å². The van der Waals surface area contributed by atoms with Gasteiger partial charge in [-0.15, -0.1) is 24.0 Å². The fourth-order valence-corrected chi connectivity index (χ4v) is 2.66. The Morgan fingerprint density at radius 2 is 1.83 bits per heavy atom. The largest absolute Gasteiger partial charge is 0.490 e. The molecule has 0 spiro atoms. The van der Waals surface area contributed by atoms with Crippen molar-refractivity contribution in [3.63, 3.8) is 0 Å². The second kappa shape index (κ2) is 13.1. The fraction of sp³-hybridized carbons (Fsp3) is 0.429. The molecular formula is C21H31IN4O3. The molecule has 160 valence electrons. The molecule has 0 aliphatic carbocycles. The van der Waals surface area contributed by atoms with E-state index in [0.717, 1.165) is 22.8 Å². The van der Waals surface area contributed by atoms with Crippen molar-refractivity contribution in [3.8, 4) is 17.4 Å². The van der Waals surface area contributed by atoms with Crippen LogP contribution < -0.4 is 24.8 Å². The Labute approximate surface area is 190 Å². The van der Waals surface area contributed by atoms with E-state index in [-0.39, 0.29) is 30.0 Å². The van der Waals surface area contributed by atoms with E-state index in [4.69, 9.17) is 14.2 Å². The van der Waals surface area contributed by atoms with Crippen molar-refractivity contribution < 1.29 is 14.2 Å². The first-order valence-electron chi connectivity index (χ1n) is 9.47. The van der Waals surface area contributed by atoms with Crippen LogP contribution in [0.25, 0.3) is 0 Å². The highest BCUT2D eigenvalue weighted by molar-refractivity contribution is 14.0. The number of methoxy groups -OCH3 is 1. The van der Waals surface area contributed by atoms with Gasteiger partial charge in [0, 0.05) is 13.1 Å². The van der Waals surface area contributed by atoms with Crippen molar-refractivity contribution in [2.45, 2.75) is 33.4 Å². The summed E-state index contributed by atoms with van der Waals surface area (Å²) in [6.07, 6.45) is 0. The van der Waals surface area contributed by atoms with Crippen LogP contribution in [0.1, 0.15) is 38.1 Å². The van der Waals surface area contributed by atoms with Gasteiger partial charge in [0.1, 0.15) is 0 Å². The zero-order valence-corrected chi connectivity index (χ0v) is 20.0. The Balaban J connectivity index is 0.00000420. The first-order valence-corrected chi connectivity index (χ1v) is 9.47. The van der Waals surface area contributed by atoms with Crippen molar-refractivity contribution in [2.75, 3.05) is 27.4 Å². The third-order valence-corrected chi connectivity index (χ3v) is 4.07. The van der Waals surface area contributed by atoms with Crippen molar-refractivity contribution >= 4 is 29.9 Å². The summed E-state index contributed by atoms with van der Waals surface area (Å²) < 4.78 is 16.5. The highest BCUT2D eigenvalue weighted by Crippen LogP contribution is 2.30. The van der Waals surface area contributed by atoms with Crippen LogP contribution in [0.4, 0.5) is 0 Å². The summed E-state index contributed by atoms with van der Waals surface area (Å²) in [4.78, 5) is 8.69. The van der Waals surface area contributed by atoms with Gasteiger partial charge in [0.05, 0.1) is 38.6 Å². The summed E-state index contributed by atoms with van der Waals surface area (Å²) in [6, 6.07) is 11.7. The van der Waals surface area contributed by atoms with Crippen molar-refractivity contribution in [1.82, 2.24) is 15.6 Å². The van der Waals surface area contributed by atoms with E-state index in [1.807, 2.05) is 50.2 Å². The monoisotopic (exact) mass is 514 g/mol. The van der Waals surface area contributed by atoms with E-state index in [1.165, 1.54) is 0 Å². The summed E-state index contributed by atoms with van der Waals surface area (Å²) in [6.45, 7) is 7.71. The quantitative estimate of drug-likeness (QED) is 0.300. The number of guanidine groups is 1. The third-order valence-electron chi connectivity index (χ3n) is 4.07. The summed E-state index contributed by atoms with van der Waals surface area (Å²) in [7, 11) is 3.35. The predicted molar refractivity (Wildman–Crippen MR) is 127 cm³/mol. The van der Waals surface area contributed by atoms with Crippen molar-refractivity contribution in [2.24, 2.45) is 4.99 Å². The zero-order valence-electron chi connectivity index (χ0n) is 17.7. The Morgan fingerprint density at radius 1 is 1.10 bits per heavy atom. The topological polar surface area (TPSA) is 77.0 Å². The minimum atomic E-state index is 0. The molecule has 0 fully saturated rings. The molecule has 29 heavy (non-hydrogen) atoms. The van der Waals surface area contributed by atoms with Gasteiger partial charge in [-0.1, -0.05) is 12.1 Å². The van der Waals surface area contributed by atoms with E-state index in [1.54, 1.807) is 14.2 Å². The van der Waals surface area contributed by atoms with E-state index < -0.39 is 0 Å².